The molecule has 0 bridgehead atoms. The Kier molecular flexibility index (Phi) is 4.89. The van der Waals surface area contributed by atoms with E-state index in [0.717, 1.165) is 41.2 Å². The Morgan fingerprint density at radius 3 is 2.75 bits per heavy atom. The first-order chi connectivity index (χ1) is 11.2. The maximum atomic E-state index is 12.2. The first-order valence-electron chi connectivity index (χ1n) is 7.78. The second-order valence-electron chi connectivity index (χ2n) is 6.06. The predicted octanol–water partition coefficient (Wildman–Crippen LogP) is 3.55. The number of aromatic nitrogens is 2. The van der Waals surface area contributed by atoms with Gasteiger partial charge in [-0.05, 0) is 31.4 Å². The zero-order valence-electron chi connectivity index (χ0n) is 13.0. The SMILES string of the molecule is Cl.NC1CCC(C(=O)Nc2ccc(-c3cn4ccsc4n3)cc2)C1. The van der Waals surface area contributed by atoms with E-state index in [4.69, 9.17) is 5.73 Å². The van der Waals surface area contributed by atoms with Gasteiger partial charge in [-0.15, -0.1) is 23.7 Å². The lowest BCUT2D eigenvalue weighted by molar-refractivity contribution is -0.119. The van der Waals surface area contributed by atoms with Crippen LogP contribution in [0.1, 0.15) is 19.3 Å². The van der Waals surface area contributed by atoms with E-state index in [0.29, 0.717) is 0 Å². The Balaban J connectivity index is 0.00000169. The summed E-state index contributed by atoms with van der Waals surface area (Å²) in [6.45, 7) is 0. The average molecular weight is 363 g/mol. The van der Waals surface area contributed by atoms with Gasteiger partial charge in [0, 0.05) is 41.0 Å². The van der Waals surface area contributed by atoms with E-state index in [1.54, 1.807) is 11.3 Å². The van der Waals surface area contributed by atoms with Gasteiger partial charge in [-0.2, -0.15) is 0 Å². The molecule has 1 aliphatic carbocycles. The van der Waals surface area contributed by atoms with E-state index in [-0.39, 0.29) is 30.3 Å². The van der Waals surface area contributed by atoms with Crippen molar-refractivity contribution in [2.75, 3.05) is 5.32 Å². The van der Waals surface area contributed by atoms with E-state index in [2.05, 4.69) is 10.3 Å². The zero-order valence-corrected chi connectivity index (χ0v) is 14.6. The third-order valence-electron chi connectivity index (χ3n) is 4.39. The minimum absolute atomic E-state index is 0. The number of nitrogens with two attached hydrogens (primary N) is 1. The summed E-state index contributed by atoms with van der Waals surface area (Å²) in [4.78, 5) is 17.8. The maximum absolute atomic E-state index is 12.2. The molecule has 5 nitrogen and oxygen atoms in total. The maximum Gasteiger partial charge on any atom is 0.227 e. The van der Waals surface area contributed by atoms with Crippen LogP contribution in [0.2, 0.25) is 0 Å². The Hall–Kier alpha value is -1.89. The van der Waals surface area contributed by atoms with E-state index >= 15 is 0 Å². The number of anilines is 1. The van der Waals surface area contributed by atoms with Crippen molar-refractivity contribution in [2.24, 2.45) is 11.7 Å². The van der Waals surface area contributed by atoms with Crippen LogP contribution < -0.4 is 11.1 Å². The van der Waals surface area contributed by atoms with Crippen molar-refractivity contribution >= 4 is 40.3 Å². The summed E-state index contributed by atoms with van der Waals surface area (Å²) in [5, 5.41) is 5.00. The molecule has 2 aromatic heterocycles. The van der Waals surface area contributed by atoms with Crippen LogP contribution in [0.5, 0.6) is 0 Å². The molecule has 1 aromatic carbocycles. The van der Waals surface area contributed by atoms with E-state index in [1.807, 2.05) is 46.4 Å². The van der Waals surface area contributed by atoms with Gasteiger partial charge in [-0.1, -0.05) is 12.1 Å². The van der Waals surface area contributed by atoms with Crippen LogP contribution in [-0.4, -0.2) is 21.3 Å². The average Bonchev–Trinajstić information content (AvgIpc) is 3.23. The van der Waals surface area contributed by atoms with Crippen LogP contribution in [0, 0.1) is 5.92 Å². The molecule has 0 spiro atoms. The van der Waals surface area contributed by atoms with Crippen LogP contribution in [-0.2, 0) is 4.79 Å². The Labute approximate surface area is 150 Å². The summed E-state index contributed by atoms with van der Waals surface area (Å²) in [5.41, 5.74) is 8.68. The van der Waals surface area contributed by atoms with Crippen LogP contribution in [0.3, 0.4) is 0 Å². The number of nitrogens with one attached hydrogen (secondary N) is 1. The van der Waals surface area contributed by atoms with Crippen molar-refractivity contribution in [1.29, 1.82) is 0 Å². The highest BCUT2D eigenvalue weighted by atomic mass is 35.5. The molecule has 1 saturated carbocycles. The molecule has 0 aliphatic heterocycles. The minimum atomic E-state index is 0. The third kappa shape index (κ3) is 3.31. The fourth-order valence-corrected chi connectivity index (χ4v) is 3.79. The number of carbonyl (C=O) groups is 1. The van der Waals surface area contributed by atoms with Gasteiger partial charge >= 0.3 is 0 Å². The first-order valence-corrected chi connectivity index (χ1v) is 8.66. The minimum Gasteiger partial charge on any atom is -0.328 e. The van der Waals surface area contributed by atoms with Crippen molar-refractivity contribution in [3.63, 3.8) is 0 Å². The molecule has 0 radical (unpaired) electrons. The van der Waals surface area contributed by atoms with E-state index < -0.39 is 0 Å². The quantitative estimate of drug-likeness (QED) is 0.748. The van der Waals surface area contributed by atoms with Crippen molar-refractivity contribution < 1.29 is 4.79 Å². The Bertz CT molecular complexity index is 813. The predicted molar refractivity (Wildman–Crippen MR) is 99.7 cm³/mol. The van der Waals surface area contributed by atoms with Crippen molar-refractivity contribution in [1.82, 2.24) is 9.38 Å². The smallest absolute Gasteiger partial charge is 0.227 e. The number of nitrogens with zero attached hydrogens (tertiary/aromatic N) is 2. The highest BCUT2D eigenvalue weighted by Gasteiger charge is 2.27. The highest BCUT2D eigenvalue weighted by Crippen LogP contribution is 2.26. The number of imidazole rings is 1. The first kappa shape index (κ1) is 17.0. The fraction of sp³-hybridized carbons (Fsp3) is 0.294. The molecule has 4 rings (SSSR count). The number of rotatable bonds is 3. The van der Waals surface area contributed by atoms with Crippen LogP contribution in [0.15, 0.2) is 42.0 Å². The lowest BCUT2D eigenvalue weighted by atomic mass is 10.1. The lowest BCUT2D eigenvalue weighted by Crippen LogP contribution is -2.23. The van der Waals surface area contributed by atoms with Crippen LogP contribution in [0.4, 0.5) is 5.69 Å². The molecule has 2 unspecified atom stereocenters. The monoisotopic (exact) mass is 362 g/mol. The van der Waals surface area contributed by atoms with Gasteiger partial charge < -0.3 is 11.1 Å². The molecule has 1 amide bonds. The Morgan fingerprint density at radius 1 is 1.29 bits per heavy atom. The molecule has 126 valence electrons. The third-order valence-corrected chi connectivity index (χ3v) is 5.16. The van der Waals surface area contributed by atoms with Gasteiger partial charge in [0.1, 0.15) is 0 Å². The second kappa shape index (κ2) is 6.93. The second-order valence-corrected chi connectivity index (χ2v) is 6.93. The number of amides is 1. The number of hydrogen-bond acceptors (Lipinski definition) is 4. The number of fused-ring (bicyclic) bond motifs is 1. The molecular formula is C17H19ClN4OS. The molecule has 3 N–H and O–H groups in total. The molecule has 0 saturated heterocycles. The molecule has 1 aliphatic rings. The summed E-state index contributed by atoms with van der Waals surface area (Å²) in [6.07, 6.45) is 6.62. The molecular weight excluding hydrogens is 344 g/mol. The van der Waals surface area contributed by atoms with Crippen molar-refractivity contribution in [2.45, 2.75) is 25.3 Å². The van der Waals surface area contributed by atoms with Gasteiger partial charge in [0.2, 0.25) is 5.91 Å². The molecule has 7 heteroatoms. The summed E-state index contributed by atoms with van der Waals surface area (Å²) in [6, 6.07) is 8.00. The molecule has 2 heterocycles. The molecule has 2 atom stereocenters. The number of benzene rings is 1. The van der Waals surface area contributed by atoms with Gasteiger partial charge in [0.05, 0.1) is 5.69 Å². The standard InChI is InChI=1S/C17H18N4OS.ClH/c18-13-4-1-12(9-13)16(22)19-14-5-2-11(3-6-14)15-10-21-7-8-23-17(21)20-15;/h2-3,5-8,10,12-13H,1,4,9,18H2,(H,19,22);1H. The van der Waals surface area contributed by atoms with E-state index in [9.17, 15) is 4.79 Å². The summed E-state index contributed by atoms with van der Waals surface area (Å²) < 4.78 is 2.01. The molecule has 1 fully saturated rings. The van der Waals surface area contributed by atoms with Gasteiger partial charge in [-0.3, -0.25) is 9.20 Å². The highest BCUT2D eigenvalue weighted by molar-refractivity contribution is 7.15. The van der Waals surface area contributed by atoms with Crippen molar-refractivity contribution in [3.05, 3.63) is 42.0 Å². The zero-order chi connectivity index (χ0) is 15.8. The number of carbonyl (C=O) groups excluding carboxylic acids is 1. The van der Waals surface area contributed by atoms with Gasteiger partial charge in [-0.25, -0.2) is 4.98 Å². The largest absolute Gasteiger partial charge is 0.328 e. The van der Waals surface area contributed by atoms with Crippen LogP contribution in [0.25, 0.3) is 16.2 Å². The topological polar surface area (TPSA) is 72.4 Å². The fourth-order valence-electron chi connectivity index (χ4n) is 3.09. The summed E-state index contributed by atoms with van der Waals surface area (Å²) in [5.74, 6) is 0.123. The Morgan fingerprint density at radius 2 is 2.08 bits per heavy atom. The normalized spacial score (nSPS) is 20.0. The number of hydrogen-bond donors (Lipinski definition) is 2. The molecule has 24 heavy (non-hydrogen) atoms. The summed E-state index contributed by atoms with van der Waals surface area (Å²) in [7, 11) is 0. The lowest BCUT2D eigenvalue weighted by Gasteiger charge is -2.11. The number of halogens is 1. The number of thiazole rings is 1. The summed E-state index contributed by atoms with van der Waals surface area (Å²) >= 11 is 1.61. The molecule has 3 aromatic rings. The van der Waals surface area contributed by atoms with E-state index in [1.165, 1.54) is 0 Å². The van der Waals surface area contributed by atoms with Gasteiger partial charge in [0.15, 0.2) is 4.96 Å². The van der Waals surface area contributed by atoms with Gasteiger partial charge in [0.25, 0.3) is 0 Å². The van der Waals surface area contributed by atoms with Crippen molar-refractivity contribution in [3.8, 4) is 11.3 Å². The van der Waals surface area contributed by atoms with Crippen LogP contribution >= 0.6 is 23.7 Å².